The Hall–Kier alpha value is -2.97. The first kappa shape index (κ1) is 22.7. The molecule has 7 nitrogen and oxygen atoms in total. The number of aromatic amines is 1. The fourth-order valence-electron chi connectivity index (χ4n) is 3.06. The first-order valence-corrected chi connectivity index (χ1v) is 10.2. The van der Waals surface area contributed by atoms with Crippen molar-refractivity contribution in [2.75, 3.05) is 6.61 Å². The number of rotatable bonds is 6. The Kier molecular flexibility index (Phi) is 6.92. The van der Waals surface area contributed by atoms with Crippen molar-refractivity contribution in [2.24, 2.45) is 5.73 Å². The van der Waals surface area contributed by atoms with Crippen molar-refractivity contribution in [3.8, 4) is 22.4 Å². The average Bonchev–Trinajstić information content (AvgIpc) is 3.12. The predicted octanol–water partition coefficient (Wildman–Crippen LogP) is 4.85. The molecule has 9 heteroatoms. The lowest BCUT2D eigenvalue weighted by molar-refractivity contribution is 0.134. The molecule has 1 amide bonds. The van der Waals surface area contributed by atoms with Crippen molar-refractivity contribution in [2.45, 2.75) is 38.8 Å². The van der Waals surface area contributed by atoms with Crippen molar-refractivity contribution >= 4 is 17.7 Å². The highest BCUT2D eigenvalue weighted by Crippen LogP contribution is 2.36. The van der Waals surface area contributed by atoms with Crippen LogP contribution in [-0.2, 0) is 4.74 Å². The minimum atomic E-state index is -0.609. The third kappa shape index (κ3) is 6.02. The normalized spacial score (nSPS) is 12.5. The summed E-state index contributed by atoms with van der Waals surface area (Å²) in [7, 11) is 0. The number of amides is 1. The highest BCUT2D eigenvalue weighted by Gasteiger charge is 2.22. The SMILES string of the molecule is CC(C)(C)NC(=O)OCCC(N)c1[nH]nc(-c2ccc(Cl)cc2)c1-c1ccnc(F)c1. The van der Waals surface area contributed by atoms with E-state index in [-0.39, 0.29) is 6.61 Å². The molecule has 1 atom stereocenters. The number of halogens is 2. The quantitative estimate of drug-likeness (QED) is 0.470. The number of benzene rings is 1. The van der Waals surface area contributed by atoms with Gasteiger partial charge in [0.25, 0.3) is 0 Å². The summed E-state index contributed by atoms with van der Waals surface area (Å²) in [5.41, 5.74) is 9.26. The van der Waals surface area contributed by atoms with Gasteiger partial charge < -0.3 is 15.8 Å². The Morgan fingerprint density at radius 3 is 2.61 bits per heavy atom. The molecule has 2 aromatic heterocycles. The monoisotopic (exact) mass is 445 g/mol. The van der Waals surface area contributed by atoms with Crippen molar-refractivity contribution in [3.63, 3.8) is 0 Å². The molecular formula is C22H25ClFN5O2. The summed E-state index contributed by atoms with van der Waals surface area (Å²) >= 11 is 6.00. The van der Waals surface area contributed by atoms with Crippen LogP contribution in [0, 0.1) is 5.95 Å². The standard InChI is InChI=1S/C22H25ClFN5O2/c1-22(2,3)27-21(30)31-11-9-16(25)20-18(14-8-10-26-17(24)12-14)19(28-29-20)13-4-6-15(23)7-5-13/h4-8,10,12,16H,9,11,25H2,1-3H3,(H,27,30)(H,28,29). The van der Waals surface area contributed by atoms with Gasteiger partial charge in [0.15, 0.2) is 0 Å². The molecule has 1 unspecified atom stereocenters. The molecular weight excluding hydrogens is 421 g/mol. The summed E-state index contributed by atoms with van der Waals surface area (Å²) in [6.07, 6.45) is 1.22. The fourth-order valence-corrected chi connectivity index (χ4v) is 3.18. The summed E-state index contributed by atoms with van der Waals surface area (Å²) < 4.78 is 19.1. The van der Waals surface area contributed by atoms with E-state index in [4.69, 9.17) is 22.1 Å². The van der Waals surface area contributed by atoms with E-state index in [1.165, 1.54) is 12.3 Å². The highest BCUT2D eigenvalue weighted by atomic mass is 35.5. The van der Waals surface area contributed by atoms with Gasteiger partial charge >= 0.3 is 6.09 Å². The zero-order valence-electron chi connectivity index (χ0n) is 17.6. The number of nitrogens with one attached hydrogen (secondary N) is 2. The van der Waals surface area contributed by atoms with Gasteiger partial charge in [-0.2, -0.15) is 9.49 Å². The van der Waals surface area contributed by atoms with Gasteiger partial charge in [0.1, 0.15) is 5.69 Å². The second-order valence-corrected chi connectivity index (χ2v) is 8.58. The third-order valence-electron chi connectivity index (χ3n) is 4.44. The van der Waals surface area contributed by atoms with Crippen LogP contribution in [0.2, 0.25) is 5.02 Å². The van der Waals surface area contributed by atoms with Gasteiger partial charge in [0.2, 0.25) is 5.95 Å². The van der Waals surface area contributed by atoms with Crippen LogP contribution < -0.4 is 11.1 Å². The second kappa shape index (κ2) is 9.45. The molecule has 0 aliphatic heterocycles. The summed E-state index contributed by atoms with van der Waals surface area (Å²) in [6, 6.07) is 9.66. The fraction of sp³-hybridized carbons (Fsp3) is 0.318. The number of H-pyrrole nitrogens is 1. The lowest BCUT2D eigenvalue weighted by Gasteiger charge is -2.20. The van der Waals surface area contributed by atoms with E-state index in [1.54, 1.807) is 18.2 Å². The van der Waals surface area contributed by atoms with Crippen LogP contribution in [-0.4, -0.2) is 33.4 Å². The molecule has 2 heterocycles. The first-order chi connectivity index (χ1) is 14.6. The highest BCUT2D eigenvalue weighted by molar-refractivity contribution is 6.30. The Morgan fingerprint density at radius 1 is 1.26 bits per heavy atom. The van der Waals surface area contributed by atoms with Crippen LogP contribution in [0.4, 0.5) is 9.18 Å². The number of carbonyl (C=O) groups is 1. The number of aromatic nitrogens is 3. The van der Waals surface area contributed by atoms with Gasteiger partial charge in [-0.1, -0.05) is 23.7 Å². The number of pyridine rings is 1. The molecule has 31 heavy (non-hydrogen) atoms. The van der Waals surface area contributed by atoms with Crippen LogP contribution in [0.25, 0.3) is 22.4 Å². The number of carbonyl (C=O) groups excluding carboxylic acids is 1. The molecule has 0 radical (unpaired) electrons. The van der Waals surface area contributed by atoms with Crippen LogP contribution in [0.5, 0.6) is 0 Å². The van der Waals surface area contributed by atoms with Crippen molar-refractivity contribution in [1.82, 2.24) is 20.5 Å². The number of alkyl carbamates (subject to hydrolysis) is 1. The van der Waals surface area contributed by atoms with E-state index in [1.807, 2.05) is 32.9 Å². The Labute approximate surface area is 185 Å². The zero-order valence-corrected chi connectivity index (χ0v) is 18.3. The molecule has 3 aromatic rings. The van der Waals surface area contributed by atoms with E-state index in [2.05, 4.69) is 20.5 Å². The lowest BCUT2D eigenvalue weighted by atomic mass is 9.96. The third-order valence-corrected chi connectivity index (χ3v) is 4.69. The maximum absolute atomic E-state index is 13.9. The molecule has 1 aromatic carbocycles. The molecule has 0 saturated carbocycles. The van der Waals surface area contributed by atoms with Crippen molar-refractivity contribution in [1.29, 1.82) is 0 Å². The Bertz CT molecular complexity index is 1050. The van der Waals surface area contributed by atoms with Gasteiger partial charge in [-0.3, -0.25) is 5.10 Å². The lowest BCUT2D eigenvalue weighted by Crippen LogP contribution is -2.41. The Morgan fingerprint density at radius 2 is 1.97 bits per heavy atom. The summed E-state index contributed by atoms with van der Waals surface area (Å²) in [5, 5.41) is 10.7. The smallest absolute Gasteiger partial charge is 0.407 e. The molecule has 0 aliphatic rings. The molecule has 0 aliphatic carbocycles. The predicted molar refractivity (Wildman–Crippen MR) is 118 cm³/mol. The largest absolute Gasteiger partial charge is 0.449 e. The van der Waals surface area contributed by atoms with Crippen LogP contribution in [0.15, 0.2) is 42.6 Å². The van der Waals surface area contributed by atoms with E-state index in [0.717, 1.165) is 5.56 Å². The number of hydrogen-bond donors (Lipinski definition) is 3. The topological polar surface area (TPSA) is 106 Å². The average molecular weight is 446 g/mol. The van der Waals surface area contributed by atoms with Gasteiger partial charge in [0.05, 0.1) is 18.3 Å². The molecule has 3 rings (SSSR count). The molecule has 164 valence electrons. The summed E-state index contributed by atoms with van der Waals surface area (Å²) in [4.78, 5) is 15.5. The maximum atomic E-state index is 13.9. The van der Waals surface area contributed by atoms with Crippen LogP contribution in [0.1, 0.15) is 38.9 Å². The summed E-state index contributed by atoms with van der Waals surface area (Å²) in [5.74, 6) is -0.609. The van der Waals surface area contributed by atoms with Crippen LogP contribution >= 0.6 is 11.6 Å². The second-order valence-electron chi connectivity index (χ2n) is 8.14. The van der Waals surface area contributed by atoms with Crippen LogP contribution in [0.3, 0.4) is 0 Å². The van der Waals surface area contributed by atoms with E-state index in [0.29, 0.717) is 34.0 Å². The van der Waals surface area contributed by atoms with Crippen molar-refractivity contribution in [3.05, 3.63) is 59.3 Å². The number of hydrogen-bond acceptors (Lipinski definition) is 5. The van der Waals surface area contributed by atoms with Gasteiger partial charge in [-0.15, -0.1) is 0 Å². The molecule has 0 fully saturated rings. The zero-order chi connectivity index (χ0) is 22.6. The summed E-state index contributed by atoms with van der Waals surface area (Å²) in [6.45, 7) is 5.71. The van der Waals surface area contributed by atoms with E-state index in [9.17, 15) is 9.18 Å². The minimum absolute atomic E-state index is 0.114. The minimum Gasteiger partial charge on any atom is -0.449 e. The van der Waals surface area contributed by atoms with E-state index >= 15 is 0 Å². The number of ether oxygens (including phenoxy) is 1. The van der Waals surface area contributed by atoms with Crippen molar-refractivity contribution < 1.29 is 13.9 Å². The van der Waals surface area contributed by atoms with Gasteiger partial charge in [0, 0.05) is 40.4 Å². The molecule has 0 saturated heterocycles. The Balaban J connectivity index is 1.86. The molecule has 0 bridgehead atoms. The van der Waals surface area contributed by atoms with Gasteiger partial charge in [-0.25, -0.2) is 9.78 Å². The van der Waals surface area contributed by atoms with Gasteiger partial charge in [-0.05, 0) is 44.5 Å². The number of nitrogens with two attached hydrogens (primary N) is 1. The first-order valence-electron chi connectivity index (χ1n) is 9.80. The number of nitrogens with zero attached hydrogens (tertiary/aromatic N) is 2. The molecule has 4 N–H and O–H groups in total. The van der Waals surface area contributed by atoms with E-state index < -0.39 is 23.6 Å². The maximum Gasteiger partial charge on any atom is 0.407 e. The molecule has 0 spiro atoms.